The number of aryl methyl sites for hydroxylation is 1. The van der Waals surface area contributed by atoms with E-state index in [-0.39, 0.29) is 17.8 Å². The van der Waals surface area contributed by atoms with E-state index in [1.807, 2.05) is 19.1 Å². The highest BCUT2D eigenvalue weighted by atomic mass is 16.5. The third-order valence-electron chi connectivity index (χ3n) is 5.92. The van der Waals surface area contributed by atoms with Crippen LogP contribution in [0.15, 0.2) is 18.3 Å². The Kier molecular flexibility index (Phi) is 7.01. The average molecular weight is 442 g/mol. The number of aromatic nitrogens is 3. The number of morpholine rings is 1. The number of aliphatic hydroxyl groups is 1. The molecule has 5 N–H and O–H groups in total. The van der Waals surface area contributed by atoms with E-state index in [1.54, 1.807) is 6.20 Å². The van der Waals surface area contributed by atoms with Crippen LogP contribution in [0.4, 0.5) is 23.1 Å². The first-order valence-corrected chi connectivity index (χ1v) is 11.2. The number of hydrogen-bond donors (Lipinski definition) is 4. The summed E-state index contributed by atoms with van der Waals surface area (Å²) in [5.41, 5.74) is 7.08. The Morgan fingerprint density at radius 1 is 1.19 bits per heavy atom. The van der Waals surface area contributed by atoms with Crippen LogP contribution in [0.3, 0.4) is 0 Å². The zero-order chi connectivity index (χ0) is 22.5. The molecule has 10 nitrogen and oxygen atoms in total. The number of pyridine rings is 1. The molecule has 2 aliphatic rings. The van der Waals surface area contributed by atoms with Crippen LogP contribution in [0.1, 0.15) is 48.8 Å². The molecule has 32 heavy (non-hydrogen) atoms. The highest BCUT2D eigenvalue weighted by molar-refractivity contribution is 5.96. The summed E-state index contributed by atoms with van der Waals surface area (Å²) in [6, 6.07) is 4.03. The fraction of sp³-hybridized carbons (Fsp3) is 0.545. The van der Waals surface area contributed by atoms with Gasteiger partial charge in [-0.25, -0.2) is 15.0 Å². The number of hydrogen-bond acceptors (Lipinski definition) is 9. The first-order chi connectivity index (χ1) is 15.5. The van der Waals surface area contributed by atoms with Gasteiger partial charge in [-0.05, 0) is 44.2 Å². The Morgan fingerprint density at radius 2 is 1.94 bits per heavy atom. The number of nitrogens with two attached hydrogens (primary N) is 1. The zero-order valence-electron chi connectivity index (χ0n) is 18.4. The maximum absolute atomic E-state index is 12.1. The number of amides is 1. The fourth-order valence-corrected chi connectivity index (χ4v) is 4.08. The van der Waals surface area contributed by atoms with Crippen LogP contribution in [0.25, 0.3) is 0 Å². The summed E-state index contributed by atoms with van der Waals surface area (Å²) in [6.45, 7) is 4.97. The van der Waals surface area contributed by atoms with Gasteiger partial charge in [-0.1, -0.05) is 6.92 Å². The summed E-state index contributed by atoms with van der Waals surface area (Å²) in [5.74, 6) is 1.18. The molecule has 1 saturated carbocycles. The minimum atomic E-state index is -0.639. The van der Waals surface area contributed by atoms with E-state index in [0.29, 0.717) is 42.7 Å². The second kappa shape index (κ2) is 10.1. The van der Waals surface area contributed by atoms with Crippen molar-refractivity contribution in [2.24, 2.45) is 5.73 Å². The van der Waals surface area contributed by atoms with E-state index in [0.717, 1.165) is 44.6 Å². The third kappa shape index (κ3) is 5.25. The highest BCUT2D eigenvalue weighted by Gasteiger charge is 2.23. The van der Waals surface area contributed by atoms with Gasteiger partial charge in [0, 0.05) is 19.1 Å². The lowest BCUT2D eigenvalue weighted by Gasteiger charge is -2.28. The van der Waals surface area contributed by atoms with E-state index in [9.17, 15) is 9.90 Å². The van der Waals surface area contributed by atoms with Crippen LogP contribution >= 0.6 is 0 Å². The number of aliphatic hydroxyl groups excluding tert-OH is 1. The van der Waals surface area contributed by atoms with Crippen molar-refractivity contribution >= 4 is 29.0 Å². The number of rotatable bonds is 7. The summed E-state index contributed by atoms with van der Waals surface area (Å²) in [4.78, 5) is 28.0. The molecule has 2 aromatic heterocycles. The minimum absolute atomic E-state index is 0.101. The van der Waals surface area contributed by atoms with Crippen LogP contribution in [-0.4, -0.2) is 64.4 Å². The number of ether oxygens (including phenoxy) is 1. The van der Waals surface area contributed by atoms with E-state index in [2.05, 4.69) is 30.5 Å². The van der Waals surface area contributed by atoms with Crippen LogP contribution in [0, 0.1) is 0 Å². The Balaban J connectivity index is 1.55. The Bertz CT molecular complexity index is 924. The normalized spacial score (nSPS) is 21.2. The molecule has 3 heterocycles. The predicted octanol–water partition coefficient (Wildman–Crippen LogP) is 1.83. The van der Waals surface area contributed by atoms with E-state index in [1.165, 1.54) is 0 Å². The predicted molar refractivity (Wildman–Crippen MR) is 122 cm³/mol. The molecule has 1 saturated heterocycles. The van der Waals surface area contributed by atoms with Crippen molar-refractivity contribution in [2.45, 2.75) is 51.2 Å². The second-order valence-electron chi connectivity index (χ2n) is 8.21. The van der Waals surface area contributed by atoms with E-state index < -0.39 is 5.91 Å². The van der Waals surface area contributed by atoms with Gasteiger partial charge in [-0.15, -0.1) is 0 Å². The van der Waals surface area contributed by atoms with Gasteiger partial charge in [0.2, 0.25) is 0 Å². The smallest absolute Gasteiger partial charge is 0.271 e. The monoisotopic (exact) mass is 441 g/mol. The summed E-state index contributed by atoms with van der Waals surface area (Å²) < 4.78 is 5.39. The van der Waals surface area contributed by atoms with Crippen LogP contribution in [-0.2, 0) is 11.2 Å². The second-order valence-corrected chi connectivity index (χ2v) is 8.21. The van der Waals surface area contributed by atoms with Crippen LogP contribution in [0.5, 0.6) is 0 Å². The molecule has 2 aromatic rings. The molecule has 0 aromatic carbocycles. The minimum Gasteiger partial charge on any atom is -0.393 e. The van der Waals surface area contributed by atoms with Gasteiger partial charge >= 0.3 is 0 Å². The van der Waals surface area contributed by atoms with Crippen molar-refractivity contribution in [2.75, 3.05) is 41.8 Å². The van der Waals surface area contributed by atoms with Gasteiger partial charge in [0.15, 0.2) is 11.5 Å². The number of nitrogens with zero attached hydrogens (tertiary/aromatic N) is 4. The average Bonchev–Trinajstić information content (AvgIpc) is 2.81. The molecule has 0 bridgehead atoms. The first kappa shape index (κ1) is 22.2. The number of anilines is 4. The quantitative estimate of drug-likeness (QED) is 0.507. The topological polar surface area (TPSA) is 139 Å². The van der Waals surface area contributed by atoms with Gasteiger partial charge in [-0.3, -0.25) is 4.79 Å². The lowest BCUT2D eigenvalue weighted by atomic mass is 9.93. The molecule has 0 atom stereocenters. The highest BCUT2D eigenvalue weighted by Crippen LogP contribution is 2.26. The molecular formula is C22H31N7O3. The number of carbonyl (C=O) groups is 1. The Morgan fingerprint density at radius 3 is 2.56 bits per heavy atom. The van der Waals surface area contributed by atoms with Gasteiger partial charge in [0.25, 0.3) is 5.91 Å². The molecule has 10 heteroatoms. The number of primary amides is 1. The van der Waals surface area contributed by atoms with Crippen molar-refractivity contribution in [1.82, 2.24) is 15.0 Å². The van der Waals surface area contributed by atoms with Crippen LogP contribution in [0.2, 0.25) is 0 Å². The van der Waals surface area contributed by atoms with Crippen LogP contribution < -0.4 is 21.3 Å². The molecule has 0 radical (unpaired) electrons. The van der Waals surface area contributed by atoms with Gasteiger partial charge < -0.3 is 31.1 Å². The van der Waals surface area contributed by atoms with E-state index in [4.69, 9.17) is 10.5 Å². The van der Waals surface area contributed by atoms with Gasteiger partial charge in [0.05, 0.1) is 36.9 Å². The zero-order valence-corrected chi connectivity index (χ0v) is 18.4. The van der Waals surface area contributed by atoms with Gasteiger partial charge in [0.1, 0.15) is 11.6 Å². The summed E-state index contributed by atoms with van der Waals surface area (Å²) in [5, 5.41) is 16.4. The molecular weight excluding hydrogens is 410 g/mol. The molecule has 2 fully saturated rings. The Hall–Kier alpha value is -2.98. The molecule has 4 rings (SSSR count). The molecule has 0 unspecified atom stereocenters. The third-order valence-corrected chi connectivity index (χ3v) is 5.92. The maximum Gasteiger partial charge on any atom is 0.271 e. The summed E-state index contributed by atoms with van der Waals surface area (Å²) in [7, 11) is 0. The molecule has 0 spiro atoms. The van der Waals surface area contributed by atoms with Crippen molar-refractivity contribution in [3.63, 3.8) is 0 Å². The summed E-state index contributed by atoms with van der Waals surface area (Å²) in [6.07, 6.45) is 5.34. The SMILES string of the molecule is CCc1nc(C(N)=O)c(Nc2ccc(N3CCOCC3)nc2)nc1NC1CCC(O)CC1. The molecule has 1 aliphatic heterocycles. The molecule has 1 aliphatic carbocycles. The van der Waals surface area contributed by atoms with E-state index >= 15 is 0 Å². The van der Waals surface area contributed by atoms with Gasteiger partial charge in [-0.2, -0.15) is 0 Å². The number of carbonyl (C=O) groups excluding carboxylic acids is 1. The standard InChI is InChI=1S/C22H31N7O3/c1-2-17-21(25-14-3-6-16(30)7-4-14)28-22(19(27-17)20(23)31)26-15-5-8-18(24-13-15)29-9-11-32-12-10-29/h5,8,13-14,16,30H,2-4,6-7,9-12H2,1H3,(H2,23,31)(H2,25,26,28). The lowest BCUT2D eigenvalue weighted by Crippen LogP contribution is -2.36. The fourth-order valence-electron chi connectivity index (χ4n) is 4.08. The van der Waals surface area contributed by atoms with Crippen molar-refractivity contribution in [3.05, 3.63) is 29.7 Å². The van der Waals surface area contributed by atoms with Crippen molar-refractivity contribution in [3.8, 4) is 0 Å². The largest absolute Gasteiger partial charge is 0.393 e. The maximum atomic E-state index is 12.1. The summed E-state index contributed by atoms with van der Waals surface area (Å²) >= 11 is 0. The number of nitrogens with one attached hydrogen (secondary N) is 2. The molecule has 1 amide bonds. The Labute approximate surface area is 187 Å². The van der Waals surface area contributed by atoms with Crippen molar-refractivity contribution < 1.29 is 14.6 Å². The molecule has 172 valence electrons. The lowest BCUT2D eigenvalue weighted by molar-refractivity contribution is 0.0995. The van der Waals surface area contributed by atoms with Crippen molar-refractivity contribution in [1.29, 1.82) is 0 Å². The first-order valence-electron chi connectivity index (χ1n) is 11.2.